The maximum absolute atomic E-state index is 9.29. The number of hydrogen-bond donors (Lipinski definition) is 1. The number of aromatic nitrogens is 2. The highest BCUT2D eigenvalue weighted by Crippen LogP contribution is 2.29. The van der Waals surface area contributed by atoms with Gasteiger partial charge in [-0.05, 0) is 43.3 Å². The Morgan fingerprint density at radius 2 is 1.86 bits per heavy atom. The van der Waals surface area contributed by atoms with E-state index in [-0.39, 0.29) is 5.75 Å². The van der Waals surface area contributed by atoms with Crippen LogP contribution in [0.4, 0.5) is 0 Å². The lowest BCUT2D eigenvalue weighted by atomic mass is 10.2. The Bertz CT molecular complexity index is 771. The van der Waals surface area contributed by atoms with Crippen molar-refractivity contribution in [1.82, 2.24) is 10.1 Å². The zero-order chi connectivity index (χ0) is 15.5. The highest BCUT2D eigenvalue weighted by atomic mass is 35.5. The minimum atomic E-state index is -0.432. The highest BCUT2D eigenvalue weighted by Gasteiger charge is 2.17. The van der Waals surface area contributed by atoms with Gasteiger partial charge in [0.05, 0.1) is 5.02 Å². The lowest BCUT2D eigenvalue weighted by Gasteiger charge is -2.11. The van der Waals surface area contributed by atoms with E-state index >= 15 is 0 Å². The van der Waals surface area contributed by atoms with Crippen LogP contribution in [0.25, 0.3) is 11.4 Å². The maximum Gasteiger partial charge on any atom is 0.267 e. The van der Waals surface area contributed by atoms with Crippen molar-refractivity contribution < 1.29 is 14.4 Å². The van der Waals surface area contributed by atoms with E-state index in [1.807, 2.05) is 12.1 Å². The summed E-state index contributed by atoms with van der Waals surface area (Å²) in [6.45, 7) is 1.80. The summed E-state index contributed by atoms with van der Waals surface area (Å²) in [5, 5.41) is 13.7. The molecule has 0 radical (unpaired) electrons. The molecule has 1 heterocycles. The van der Waals surface area contributed by atoms with E-state index in [1.165, 1.54) is 0 Å². The van der Waals surface area contributed by atoms with Gasteiger partial charge in [-0.3, -0.25) is 0 Å². The Hall–Kier alpha value is -2.53. The molecule has 0 saturated carbocycles. The van der Waals surface area contributed by atoms with Crippen molar-refractivity contribution in [2.45, 2.75) is 13.0 Å². The molecule has 1 aromatic heterocycles. The summed E-state index contributed by atoms with van der Waals surface area (Å²) in [4.78, 5) is 4.31. The zero-order valence-corrected chi connectivity index (χ0v) is 12.5. The third-order valence-electron chi connectivity index (χ3n) is 3.06. The van der Waals surface area contributed by atoms with Crippen LogP contribution in [-0.2, 0) is 0 Å². The first-order valence-electron chi connectivity index (χ1n) is 6.67. The Kier molecular flexibility index (Phi) is 3.98. The van der Waals surface area contributed by atoms with Crippen LogP contribution in [0.15, 0.2) is 53.1 Å². The molecule has 2 aromatic carbocycles. The molecular formula is C16H13ClN2O3. The highest BCUT2D eigenvalue weighted by molar-refractivity contribution is 6.32. The van der Waals surface area contributed by atoms with Gasteiger partial charge in [0.15, 0.2) is 6.10 Å². The van der Waals surface area contributed by atoms with Gasteiger partial charge in [0.2, 0.25) is 5.82 Å². The maximum atomic E-state index is 9.29. The third kappa shape index (κ3) is 3.04. The van der Waals surface area contributed by atoms with E-state index in [4.69, 9.17) is 20.9 Å². The number of aromatic hydroxyl groups is 1. The first-order chi connectivity index (χ1) is 10.6. The second-order valence-corrected chi connectivity index (χ2v) is 5.10. The number of phenols is 1. The number of hydrogen-bond acceptors (Lipinski definition) is 5. The Morgan fingerprint density at radius 1 is 1.14 bits per heavy atom. The number of benzene rings is 2. The van der Waals surface area contributed by atoms with Crippen LogP contribution in [0.2, 0.25) is 5.02 Å². The lowest BCUT2D eigenvalue weighted by molar-refractivity contribution is 0.176. The van der Waals surface area contributed by atoms with Crippen molar-refractivity contribution in [1.29, 1.82) is 0 Å². The van der Waals surface area contributed by atoms with E-state index in [9.17, 15) is 5.11 Å². The fourth-order valence-corrected chi connectivity index (χ4v) is 2.09. The minimum Gasteiger partial charge on any atom is -0.508 e. The van der Waals surface area contributed by atoms with Gasteiger partial charge >= 0.3 is 0 Å². The molecule has 1 atom stereocenters. The van der Waals surface area contributed by atoms with Crippen LogP contribution < -0.4 is 4.74 Å². The molecule has 0 amide bonds. The molecule has 0 aliphatic heterocycles. The molecule has 0 fully saturated rings. The molecule has 3 aromatic rings. The number of ether oxygens (including phenoxy) is 1. The molecule has 0 bridgehead atoms. The third-order valence-corrected chi connectivity index (χ3v) is 3.37. The molecule has 0 saturated heterocycles. The number of nitrogens with zero attached hydrogens (tertiary/aromatic N) is 2. The molecule has 1 N–H and O–H groups in total. The molecule has 0 aliphatic rings. The summed E-state index contributed by atoms with van der Waals surface area (Å²) in [5.41, 5.74) is 0.748. The van der Waals surface area contributed by atoms with Gasteiger partial charge in [0.25, 0.3) is 5.89 Å². The van der Waals surface area contributed by atoms with Crippen LogP contribution >= 0.6 is 11.6 Å². The molecule has 1 unspecified atom stereocenters. The second-order valence-electron chi connectivity index (χ2n) is 4.69. The number of phenolic OH excluding ortho intramolecular Hbond substituents is 1. The van der Waals surface area contributed by atoms with Crippen molar-refractivity contribution in [3.05, 3.63) is 59.4 Å². The molecule has 6 heteroatoms. The van der Waals surface area contributed by atoms with Crippen LogP contribution in [-0.4, -0.2) is 15.2 Å². The number of halogens is 1. The normalized spacial score (nSPS) is 12.1. The van der Waals surface area contributed by atoms with E-state index in [2.05, 4.69) is 10.1 Å². The van der Waals surface area contributed by atoms with Crippen LogP contribution in [0.5, 0.6) is 11.5 Å². The second kappa shape index (κ2) is 6.07. The van der Waals surface area contributed by atoms with Gasteiger partial charge in [-0.25, -0.2) is 0 Å². The van der Waals surface area contributed by atoms with Crippen molar-refractivity contribution in [3.8, 4) is 22.9 Å². The van der Waals surface area contributed by atoms with Gasteiger partial charge in [0.1, 0.15) is 11.5 Å². The quantitative estimate of drug-likeness (QED) is 0.779. The van der Waals surface area contributed by atoms with Gasteiger partial charge < -0.3 is 14.4 Å². The van der Waals surface area contributed by atoms with Gasteiger partial charge in [-0.15, -0.1) is 0 Å². The summed E-state index contributed by atoms with van der Waals surface area (Å²) in [6, 6.07) is 13.7. The SMILES string of the molecule is CC(Oc1ccccc1Cl)c1nc(-c2ccc(O)cc2)no1. The molecular weight excluding hydrogens is 304 g/mol. The number of para-hydroxylation sites is 1. The fourth-order valence-electron chi connectivity index (χ4n) is 1.91. The summed E-state index contributed by atoms with van der Waals surface area (Å²) in [6.07, 6.45) is -0.432. The zero-order valence-electron chi connectivity index (χ0n) is 11.7. The van der Waals surface area contributed by atoms with Gasteiger partial charge in [-0.1, -0.05) is 28.9 Å². The van der Waals surface area contributed by atoms with E-state index < -0.39 is 6.10 Å². The molecule has 112 valence electrons. The average molecular weight is 317 g/mol. The molecule has 22 heavy (non-hydrogen) atoms. The van der Waals surface area contributed by atoms with Crippen molar-refractivity contribution >= 4 is 11.6 Å². The fraction of sp³-hybridized carbons (Fsp3) is 0.125. The van der Waals surface area contributed by atoms with Crippen molar-refractivity contribution in [3.63, 3.8) is 0 Å². The summed E-state index contributed by atoms with van der Waals surface area (Å²) in [5.74, 6) is 1.52. The minimum absolute atomic E-state index is 0.183. The Labute approximate surface area is 132 Å². The molecule has 3 rings (SSSR count). The first kappa shape index (κ1) is 14.4. The van der Waals surface area contributed by atoms with E-state index in [0.717, 1.165) is 5.56 Å². The first-order valence-corrected chi connectivity index (χ1v) is 7.05. The average Bonchev–Trinajstić information content (AvgIpc) is 3.00. The summed E-state index contributed by atoms with van der Waals surface area (Å²) in [7, 11) is 0. The number of rotatable bonds is 4. The largest absolute Gasteiger partial charge is 0.508 e. The predicted octanol–water partition coefficient (Wildman–Crippen LogP) is 4.24. The van der Waals surface area contributed by atoms with Crippen LogP contribution in [0.3, 0.4) is 0 Å². The van der Waals surface area contributed by atoms with E-state index in [1.54, 1.807) is 43.3 Å². The van der Waals surface area contributed by atoms with Gasteiger partial charge in [0, 0.05) is 5.56 Å². The smallest absolute Gasteiger partial charge is 0.267 e. The Balaban J connectivity index is 1.78. The van der Waals surface area contributed by atoms with Crippen molar-refractivity contribution in [2.24, 2.45) is 0 Å². The Morgan fingerprint density at radius 3 is 2.59 bits per heavy atom. The molecule has 0 spiro atoms. The summed E-state index contributed by atoms with van der Waals surface area (Å²) < 4.78 is 11.0. The monoisotopic (exact) mass is 316 g/mol. The standard InChI is InChI=1S/C16H13ClN2O3/c1-10(21-14-5-3-2-4-13(14)17)16-18-15(19-22-16)11-6-8-12(20)9-7-11/h2-10,20H,1H3. The molecule has 0 aliphatic carbocycles. The van der Waals surface area contributed by atoms with Gasteiger partial charge in [-0.2, -0.15) is 4.98 Å². The summed E-state index contributed by atoms with van der Waals surface area (Å²) >= 11 is 6.06. The van der Waals surface area contributed by atoms with E-state index in [0.29, 0.717) is 22.5 Å². The predicted molar refractivity (Wildman–Crippen MR) is 81.9 cm³/mol. The lowest BCUT2D eigenvalue weighted by Crippen LogP contribution is -2.03. The topological polar surface area (TPSA) is 68.4 Å². The van der Waals surface area contributed by atoms with Crippen molar-refractivity contribution in [2.75, 3.05) is 0 Å². The molecule has 5 nitrogen and oxygen atoms in total. The van der Waals surface area contributed by atoms with Crippen LogP contribution in [0, 0.1) is 0 Å². The van der Waals surface area contributed by atoms with Crippen LogP contribution in [0.1, 0.15) is 18.9 Å².